The molecular weight excluding hydrogens is 470 g/mol. The molecule has 0 atom stereocenters. The first-order valence-corrected chi connectivity index (χ1v) is 13.4. The number of carbonyl (C=O) groups is 2. The second-order valence-corrected chi connectivity index (χ2v) is 9.83. The third-order valence-corrected chi connectivity index (χ3v) is 7.08. The molecule has 3 rings (SSSR count). The molecule has 0 saturated carbocycles. The van der Waals surface area contributed by atoms with Crippen LogP contribution in [0.2, 0.25) is 0 Å². The lowest BCUT2D eigenvalue weighted by molar-refractivity contribution is -0.384. The Balaban J connectivity index is 1.57. The Labute approximate surface area is 219 Å². The number of methoxy groups -OCH3 is 1. The van der Waals surface area contributed by atoms with Gasteiger partial charge < -0.3 is 14.5 Å². The van der Waals surface area contributed by atoms with Crippen LogP contribution in [0.3, 0.4) is 0 Å². The molecule has 8 heteroatoms. The summed E-state index contributed by atoms with van der Waals surface area (Å²) < 4.78 is 5.26. The maximum atomic E-state index is 13.2. The Morgan fingerprint density at radius 1 is 1.00 bits per heavy atom. The third kappa shape index (κ3) is 8.58. The van der Waals surface area contributed by atoms with Crippen LogP contribution in [0, 0.1) is 16.0 Å². The van der Waals surface area contributed by atoms with E-state index in [9.17, 15) is 19.7 Å². The summed E-state index contributed by atoms with van der Waals surface area (Å²) in [6.45, 7) is 4.66. The number of carbonyl (C=O) groups excluding carboxylic acids is 2. The summed E-state index contributed by atoms with van der Waals surface area (Å²) in [6, 6.07) is 13.6. The fourth-order valence-electron chi connectivity index (χ4n) is 4.78. The molecule has 1 fully saturated rings. The van der Waals surface area contributed by atoms with Crippen molar-refractivity contribution in [3.63, 3.8) is 0 Å². The number of ether oxygens (including phenoxy) is 1. The van der Waals surface area contributed by atoms with Gasteiger partial charge in [0.2, 0.25) is 5.91 Å². The van der Waals surface area contributed by atoms with E-state index in [2.05, 4.69) is 6.92 Å². The van der Waals surface area contributed by atoms with Gasteiger partial charge in [0.25, 0.3) is 11.6 Å². The monoisotopic (exact) mass is 509 g/mol. The van der Waals surface area contributed by atoms with E-state index in [4.69, 9.17) is 4.74 Å². The van der Waals surface area contributed by atoms with Crippen molar-refractivity contribution in [1.29, 1.82) is 0 Å². The van der Waals surface area contributed by atoms with Gasteiger partial charge in [-0.3, -0.25) is 19.7 Å². The van der Waals surface area contributed by atoms with Crippen molar-refractivity contribution in [3.8, 4) is 5.75 Å². The smallest absolute Gasteiger partial charge is 0.269 e. The predicted octanol–water partition coefficient (Wildman–Crippen LogP) is 5.84. The van der Waals surface area contributed by atoms with Gasteiger partial charge >= 0.3 is 0 Å². The van der Waals surface area contributed by atoms with Crippen molar-refractivity contribution in [3.05, 3.63) is 69.8 Å². The minimum atomic E-state index is -0.468. The fraction of sp³-hybridized carbons (Fsp3) is 0.517. The van der Waals surface area contributed by atoms with E-state index in [0.717, 1.165) is 37.0 Å². The first-order chi connectivity index (χ1) is 17.9. The number of non-ortho nitro benzene ring substituents is 1. The van der Waals surface area contributed by atoms with E-state index in [1.807, 2.05) is 29.2 Å². The van der Waals surface area contributed by atoms with Crippen molar-refractivity contribution >= 4 is 17.5 Å². The van der Waals surface area contributed by atoms with E-state index in [1.165, 1.54) is 43.5 Å². The van der Waals surface area contributed by atoms with Gasteiger partial charge in [0, 0.05) is 50.3 Å². The van der Waals surface area contributed by atoms with Gasteiger partial charge in [-0.05, 0) is 55.0 Å². The largest absolute Gasteiger partial charge is 0.497 e. The predicted molar refractivity (Wildman–Crippen MR) is 144 cm³/mol. The number of benzene rings is 2. The number of nitro groups is 1. The second-order valence-electron chi connectivity index (χ2n) is 9.83. The minimum Gasteiger partial charge on any atom is -0.497 e. The highest BCUT2D eigenvalue weighted by molar-refractivity contribution is 5.94. The van der Waals surface area contributed by atoms with Crippen LogP contribution < -0.4 is 4.74 Å². The first kappa shape index (κ1) is 28.2. The first-order valence-electron chi connectivity index (χ1n) is 13.4. The average Bonchev–Trinajstić information content (AvgIpc) is 2.93. The van der Waals surface area contributed by atoms with Gasteiger partial charge in [-0.1, -0.05) is 44.7 Å². The van der Waals surface area contributed by atoms with Gasteiger partial charge in [0.1, 0.15) is 5.75 Å². The van der Waals surface area contributed by atoms with Crippen molar-refractivity contribution < 1.29 is 19.2 Å². The van der Waals surface area contributed by atoms with E-state index in [0.29, 0.717) is 44.1 Å². The molecule has 37 heavy (non-hydrogen) atoms. The molecule has 2 aromatic rings. The molecule has 0 spiro atoms. The third-order valence-electron chi connectivity index (χ3n) is 7.08. The number of amides is 2. The van der Waals surface area contributed by atoms with Gasteiger partial charge in [-0.2, -0.15) is 0 Å². The Bertz CT molecular complexity index is 1010. The summed E-state index contributed by atoms with van der Waals surface area (Å²) in [5, 5.41) is 10.9. The molecule has 200 valence electrons. The number of likely N-dealkylation sites (tertiary alicyclic amines) is 1. The van der Waals surface area contributed by atoms with Crippen LogP contribution >= 0.6 is 0 Å². The van der Waals surface area contributed by atoms with E-state index in [-0.39, 0.29) is 17.5 Å². The molecular formula is C29H39N3O5. The van der Waals surface area contributed by atoms with Crippen molar-refractivity contribution in [2.75, 3.05) is 26.7 Å². The molecule has 0 aliphatic carbocycles. The van der Waals surface area contributed by atoms with Crippen LogP contribution in [-0.2, 0) is 11.3 Å². The fourth-order valence-corrected chi connectivity index (χ4v) is 4.78. The summed E-state index contributed by atoms with van der Waals surface area (Å²) in [6.07, 6.45) is 7.77. The number of piperidine rings is 1. The van der Waals surface area contributed by atoms with Crippen molar-refractivity contribution in [2.45, 2.75) is 64.8 Å². The maximum Gasteiger partial charge on any atom is 0.269 e. The van der Waals surface area contributed by atoms with Crippen molar-refractivity contribution in [2.24, 2.45) is 5.92 Å². The summed E-state index contributed by atoms with van der Waals surface area (Å²) in [5.74, 6) is 1.20. The molecule has 2 aromatic carbocycles. The lowest BCUT2D eigenvalue weighted by atomic mass is 9.95. The highest BCUT2D eigenvalue weighted by Gasteiger charge is 2.27. The van der Waals surface area contributed by atoms with Crippen LogP contribution in [0.15, 0.2) is 48.5 Å². The topological polar surface area (TPSA) is 93.0 Å². The maximum absolute atomic E-state index is 13.2. The molecule has 0 bridgehead atoms. The molecule has 8 nitrogen and oxygen atoms in total. The zero-order valence-electron chi connectivity index (χ0n) is 22.1. The second kappa shape index (κ2) is 14.4. The zero-order valence-corrected chi connectivity index (χ0v) is 22.1. The highest BCUT2D eigenvalue weighted by Crippen LogP contribution is 2.23. The Kier molecular flexibility index (Phi) is 10.9. The van der Waals surface area contributed by atoms with Crippen LogP contribution in [0.1, 0.15) is 74.2 Å². The standard InChI is InChI=1S/C29H39N3O5/c1-3-4-5-6-7-8-28(33)31(21-23-9-15-27(37-2)16-10-23)22-24-17-19-30(20-18-24)29(34)25-11-13-26(14-12-25)32(35)36/h9-16,24H,3-8,17-22H2,1-2H3. The van der Waals surface area contributed by atoms with Gasteiger partial charge in [0.05, 0.1) is 12.0 Å². The zero-order chi connectivity index (χ0) is 26.6. The summed E-state index contributed by atoms with van der Waals surface area (Å²) in [5.41, 5.74) is 1.51. The van der Waals surface area contributed by atoms with Gasteiger partial charge in [-0.25, -0.2) is 0 Å². The summed E-state index contributed by atoms with van der Waals surface area (Å²) in [4.78, 5) is 40.3. The molecule has 0 N–H and O–H groups in total. The van der Waals surface area contributed by atoms with E-state index in [1.54, 1.807) is 12.0 Å². The number of hydrogen-bond donors (Lipinski definition) is 0. The normalized spacial score (nSPS) is 13.8. The molecule has 0 radical (unpaired) electrons. The lowest BCUT2D eigenvalue weighted by Crippen LogP contribution is -2.42. The number of rotatable bonds is 13. The Morgan fingerprint density at radius 2 is 1.65 bits per heavy atom. The molecule has 0 unspecified atom stereocenters. The Morgan fingerprint density at radius 3 is 2.24 bits per heavy atom. The highest BCUT2D eigenvalue weighted by atomic mass is 16.6. The molecule has 1 aliphatic rings. The molecule has 1 heterocycles. The number of unbranched alkanes of at least 4 members (excludes halogenated alkanes) is 4. The SMILES string of the molecule is CCCCCCCC(=O)N(Cc1ccc(OC)cc1)CC1CCN(C(=O)c2ccc([N+](=O)[O-])cc2)CC1. The summed E-state index contributed by atoms with van der Waals surface area (Å²) in [7, 11) is 1.64. The summed E-state index contributed by atoms with van der Waals surface area (Å²) >= 11 is 0. The molecule has 1 aliphatic heterocycles. The number of hydrogen-bond acceptors (Lipinski definition) is 5. The number of nitro benzene ring substituents is 1. The van der Waals surface area contributed by atoms with Crippen LogP contribution in [0.25, 0.3) is 0 Å². The minimum absolute atomic E-state index is 0.0257. The van der Waals surface area contributed by atoms with Gasteiger partial charge in [0.15, 0.2) is 0 Å². The average molecular weight is 510 g/mol. The van der Waals surface area contributed by atoms with Crippen LogP contribution in [0.4, 0.5) is 5.69 Å². The molecule has 0 aromatic heterocycles. The van der Waals surface area contributed by atoms with Gasteiger partial charge in [-0.15, -0.1) is 0 Å². The molecule has 1 saturated heterocycles. The Hall–Kier alpha value is -3.42. The van der Waals surface area contributed by atoms with E-state index >= 15 is 0 Å². The number of nitrogens with zero attached hydrogens (tertiary/aromatic N) is 3. The van der Waals surface area contributed by atoms with Crippen LogP contribution in [0.5, 0.6) is 5.75 Å². The van der Waals surface area contributed by atoms with Crippen LogP contribution in [-0.4, -0.2) is 53.3 Å². The lowest BCUT2D eigenvalue weighted by Gasteiger charge is -2.35. The quantitative estimate of drug-likeness (QED) is 0.192. The van der Waals surface area contributed by atoms with Crippen molar-refractivity contribution in [1.82, 2.24) is 9.80 Å². The van der Waals surface area contributed by atoms with E-state index < -0.39 is 4.92 Å². The molecule has 2 amide bonds.